The predicted molar refractivity (Wildman–Crippen MR) is 206 cm³/mol. The third-order valence-corrected chi connectivity index (χ3v) is 14.3. The molecule has 12 atom stereocenters. The first-order chi connectivity index (χ1) is 27.3. The van der Waals surface area contributed by atoms with E-state index in [1.165, 1.54) is 30.4 Å². The van der Waals surface area contributed by atoms with Crippen molar-refractivity contribution in [1.82, 2.24) is 0 Å². The van der Waals surface area contributed by atoms with E-state index in [9.17, 15) is 48.0 Å². The quantitative estimate of drug-likeness (QED) is 0.0676. The Balaban J connectivity index is 0.949. The zero-order chi connectivity index (χ0) is 42.3. The fourth-order valence-corrected chi connectivity index (χ4v) is 11.1. The number of aliphatic hydroxyl groups is 4. The summed E-state index contributed by atoms with van der Waals surface area (Å²) in [4.78, 5) is 38.6. The van der Waals surface area contributed by atoms with Crippen LogP contribution in [0.4, 0.5) is 17.6 Å². The van der Waals surface area contributed by atoms with Crippen molar-refractivity contribution in [2.24, 2.45) is 40.4 Å². The van der Waals surface area contributed by atoms with Gasteiger partial charge in [0, 0.05) is 23.2 Å². The third-order valence-electron chi connectivity index (χ3n) is 14.3. The van der Waals surface area contributed by atoms with Gasteiger partial charge in [-0.15, -0.1) is 0 Å². The standard InChI is InChI=1S/C45H56F4O9/c1-27-21-36-35-17-15-29-22-31(50)19-20-41(29,2)43(35,46)38(53)24-42(36,3)44(27,56)39(54)26-58-40(55)12-7-5-4-6-11-34-28(14-18-37(34)52)13-16-32(51)25-57-33-10-8-9-30(23-33)45(47,48)49/h4,6,8-10,13,16,19-20,22-23,27-28,32,34-38,51-53,56H,5,7,11-12,14-15,17-18,21,24-26H2,1-3H3/b6-4-,16-13+/t27-,28+,32-,34-,35+,36+,37+,38+,41+,42+,43+,44+/m1/s1. The first-order valence-corrected chi connectivity index (χ1v) is 20.5. The van der Waals surface area contributed by atoms with Gasteiger partial charge in [-0.25, -0.2) is 4.39 Å². The Morgan fingerprint density at radius 1 is 1.09 bits per heavy atom. The van der Waals surface area contributed by atoms with Crippen LogP contribution in [0, 0.1) is 40.4 Å². The van der Waals surface area contributed by atoms with Crippen LogP contribution in [0.1, 0.15) is 90.5 Å². The fourth-order valence-electron chi connectivity index (χ4n) is 11.1. The maximum Gasteiger partial charge on any atom is 0.416 e. The number of esters is 1. The van der Waals surface area contributed by atoms with Gasteiger partial charge in [0.05, 0.1) is 17.8 Å². The molecule has 0 unspecified atom stereocenters. The zero-order valence-corrected chi connectivity index (χ0v) is 33.3. The van der Waals surface area contributed by atoms with Gasteiger partial charge in [-0.05, 0) is 119 Å². The number of carbonyl (C=O) groups is 3. The molecule has 6 rings (SSSR count). The number of alkyl halides is 4. The van der Waals surface area contributed by atoms with Crippen molar-refractivity contribution in [2.45, 2.75) is 121 Å². The Morgan fingerprint density at radius 3 is 2.59 bits per heavy atom. The van der Waals surface area contributed by atoms with Gasteiger partial charge in [0.25, 0.3) is 0 Å². The Kier molecular flexibility index (Phi) is 12.7. The number of benzene rings is 1. The Bertz CT molecular complexity index is 1840. The molecule has 0 bridgehead atoms. The highest BCUT2D eigenvalue weighted by Gasteiger charge is 2.75. The van der Waals surface area contributed by atoms with E-state index in [4.69, 9.17) is 9.47 Å². The number of hydrogen-bond donors (Lipinski definition) is 4. The van der Waals surface area contributed by atoms with E-state index in [1.54, 1.807) is 26.8 Å². The van der Waals surface area contributed by atoms with Crippen LogP contribution in [-0.4, -0.2) is 80.8 Å². The Hall–Kier alpha value is -3.65. The number of ketones is 2. The van der Waals surface area contributed by atoms with Crippen molar-refractivity contribution in [3.8, 4) is 5.75 Å². The number of ether oxygens (including phenoxy) is 2. The first kappa shape index (κ1) is 43.9. The molecule has 9 nitrogen and oxygen atoms in total. The summed E-state index contributed by atoms with van der Waals surface area (Å²) in [6.45, 7) is 4.31. The molecule has 4 fully saturated rings. The molecule has 5 aliphatic carbocycles. The van der Waals surface area contributed by atoms with Crippen molar-refractivity contribution in [1.29, 1.82) is 0 Å². The van der Waals surface area contributed by atoms with E-state index in [1.807, 2.05) is 18.2 Å². The smallest absolute Gasteiger partial charge is 0.416 e. The molecule has 5 aliphatic rings. The zero-order valence-electron chi connectivity index (χ0n) is 33.3. The van der Waals surface area contributed by atoms with Gasteiger partial charge in [0.1, 0.15) is 24.1 Å². The number of rotatable bonds is 14. The average molecular weight is 817 g/mol. The van der Waals surface area contributed by atoms with Gasteiger partial charge >= 0.3 is 12.1 Å². The molecule has 0 spiro atoms. The minimum absolute atomic E-state index is 0.00486. The molecule has 0 heterocycles. The molecular weight excluding hydrogens is 760 g/mol. The molecule has 4 N–H and O–H groups in total. The molecule has 58 heavy (non-hydrogen) atoms. The molecule has 4 saturated carbocycles. The topological polar surface area (TPSA) is 151 Å². The summed E-state index contributed by atoms with van der Waals surface area (Å²) in [6, 6.07) is 4.43. The highest BCUT2D eigenvalue weighted by Crippen LogP contribution is 2.70. The number of Topliss-reactive ketones (excluding diaryl/α,β-unsaturated/α-hetero) is 1. The van der Waals surface area contributed by atoms with E-state index >= 15 is 4.39 Å². The first-order valence-electron chi connectivity index (χ1n) is 20.5. The van der Waals surface area contributed by atoms with Crippen molar-refractivity contribution in [3.05, 3.63) is 77.9 Å². The molecule has 0 aromatic heterocycles. The van der Waals surface area contributed by atoms with Crippen LogP contribution in [0.25, 0.3) is 0 Å². The molecule has 0 amide bonds. The number of hydrogen-bond acceptors (Lipinski definition) is 9. The summed E-state index contributed by atoms with van der Waals surface area (Å²) in [5.41, 5.74) is -6.59. The van der Waals surface area contributed by atoms with Crippen LogP contribution in [0.2, 0.25) is 0 Å². The van der Waals surface area contributed by atoms with Crippen molar-refractivity contribution in [3.63, 3.8) is 0 Å². The fraction of sp³-hybridized carbons (Fsp3) is 0.622. The molecule has 318 valence electrons. The van der Waals surface area contributed by atoms with Crippen molar-refractivity contribution in [2.75, 3.05) is 13.2 Å². The molecule has 1 aromatic carbocycles. The minimum Gasteiger partial charge on any atom is -0.491 e. The van der Waals surface area contributed by atoms with E-state index in [0.717, 1.165) is 12.1 Å². The maximum atomic E-state index is 17.4. The summed E-state index contributed by atoms with van der Waals surface area (Å²) in [6.07, 6.45) is 7.77. The van der Waals surface area contributed by atoms with Crippen molar-refractivity contribution < 1.29 is 61.8 Å². The second kappa shape index (κ2) is 16.8. The van der Waals surface area contributed by atoms with E-state index in [2.05, 4.69) is 0 Å². The number of fused-ring (bicyclic) bond motifs is 5. The number of aliphatic hydroxyl groups excluding tert-OH is 3. The predicted octanol–water partition coefficient (Wildman–Crippen LogP) is 6.97. The van der Waals surface area contributed by atoms with Crippen LogP contribution < -0.4 is 4.74 Å². The van der Waals surface area contributed by atoms with Crippen LogP contribution >= 0.6 is 0 Å². The van der Waals surface area contributed by atoms with Crippen LogP contribution in [0.5, 0.6) is 5.75 Å². The van der Waals surface area contributed by atoms with Crippen molar-refractivity contribution >= 4 is 17.5 Å². The summed E-state index contributed by atoms with van der Waals surface area (Å²) >= 11 is 0. The largest absolute Gasteiger partial charge is 0.491 e. The average Bonchev–Trinajstić information content (AvgIpc) is 3.62. The van der Waals surface area contributed by atoms with E-state index in [-0.39, 0.29) is 42.8 Å². The second-order valence-electron chi connectivity index (χ2n) is 17.6. The lowest BCUT2D eigenvalue weighted by atomic mass is 9.44. The second-order valence-corrected chi connectivity index (χ2v) is 17.6. The lowest BCUT2D eigenvalue weighted by Crippen LogP contribution is -2.69. The number of unbranched alkanes of at least 4 members (excludes halogenated alkanes) is 1. The summed E-state index contributed by atoms with van der Waals surface area (Å²) in [5, 5.41) is 44.6. The van der Waals surface area contributed by atoms with Crippen LogP contribution in [0.3, 0.4) is 0 Å². The Morgan fingerprint density at radius 2 is 1.84 bits per heavy atom. The Labute approximate surface area is 336 Å². The molecule has 1 aromatic rings. The van der Waals surface area contributed by atoms with Gasteiger partial charge in [0.2, 0.25) is 5.78 Å². The van der Waals surface area contributed by atoms with Gasteiger partial charge in [-0.3, -0.25) is 14.4 Å². The third kappa shape index (κ3) is 8.00. The highest BCUT2D eigenvalue weighted by atomic mass is 19.4. The summed E-state index contributed by atoms with van der Waals surface area (Å²) in [5.74, 6) is -3.30. The van der Waals surface area contributed by atoms with Gasteiger partial charge in [0.15, 0.2) is 18.1 Å². The number of allylic oxidation sites excluding steroid dienone is 7. The van der Waals surface area contributed by atoms with E-state index in [0.29, 0.717) is 56.9 Å². The highest BCUT2D eigenvalue weighted by molar-refractivity contribution is 6.01. The lowest BCUT2D eigenvalue weighted by molar-refractivity contribution is -0.220. The molecule has 0 radical (unpaired) electrons. The normalized spacial score (nSPS) is 37.7. The number of carbonyl (C=O) groups excluding carboxylic acids is 3. The SMILES string of the molecule is C[C@@H]1C[C@H]2[C@@H]3CCC4=CC(=O)C=C[C@]4(C)[C@@]3(F)[C@@H](O)C[C@]2(C)[C@@]1(O)C(=O)COC(=O)CCC/C=C\C[C@H]1[C@@H](O)CC[C@@H]1/C=C/[C@@H](O)COc1cccc(C(F)(F)F)c1. The van der Waals surface area contributed by atoms with Gasteiger partial charge in [-0.2, -0.15) is 13.2 Å². The minimum atomic E-state index is -4.50. The monoisotopic (exact) mass is 816 g/mol. The molecular formula is C45H56F4O9. The molecule has 0 saturated heterocycles. The van der Waals surface area contributed by atoms with Crippen LogP contribution in [0.15, 0.2) is 72.4 Å². The summed E-state index contributed by atoms with van der Waals surface area (Å²) in [7, 11) is 0. The van der Waals surface area contributed by atoms with Gasteiger partial charge < -0.3 is 29.9 Å². The molecule has 0 aliphatic heterocycles. The number of halogens is 4. The van der Waals surface area contributed by atoms with Gasteiger partial charge in [-0.1, -0.05) is 55.9 Å². The summed E-state index contributed by atoms with van der Waals surface area (Å²) < 4.78 is 67.1. The maximum absolute atomic E-state index is 17.4. The lowest BCUT2D eigenvalue weighted by Gasteiger charge is -2.62. The van der Waals surface area contributed by atoms with E-state index < -0.39 is 88.3 Å². The molecule has 13 heteroatoms. The van der Waals surface area contributed by atoms with Crippen LogP contribution in [-0.2, 0) is 25.3 Å².